The third kappa shape index (κ3) is 2.36. The molecule has 1 atom stereocenters. The van der Waals surface area contributed by atoms with Crippen LogP contribution in [-0.2, 0) is 0 Å². The fourth-order valence-corrected chi connectivity index (χ4v) is 2.36. The van der Waals surface area contributed by atoms with Gasteiger partial charge in [0.05, 0.1) is 0 Å². The normalized spacial score (nSPS) is 19.9. The predicted octanol–water partition coefficient (Wildman–Crippen LogP) is 1.92. The van der Waals surface area contributed by atoms with Crippen molar-refractivity contribution >= 4 is 5.91 Å². The van der Waals surface area contributed by atoms with Crippen LogP contribution >= 0.6 is 0 Å². The Bertz CT molecular complexity index is 430. The number of nitrogens with two attached hydrogens (primary N) is 1. The molecule has 2 rings (SSSR count). The molecule has 1 aromatic carbocycles. The Hall–Kier alpha value is -1.49. The SMILES string of the molecule is NCC1CCCCN1C(=O)c1c(F)cccc1F. The van der Waals surface area contributed by atoms with Crippen LogP contribution in [0.15, 0.2) is 18.2 Å². The van der Waals surface area contributed by atoms with Gasteiger partial charge >= 0.3 is 0 Å². The summed E-state index contributed by atoms with van der Waals surface area (Å²) in [5, 5.41) is 0. The molecule has 0 spiro atoms. The quantitative estimate of drug-likeness (QED) is 0.876. The van der Waals surface area contributed by atoms with Gasteiger partial charge in [-0.3, -0.25) is 4.79 Å². The first-order valence-corrected chi connectivity index (χ1v) is 6.10. The topological polar surface area (TPSA) is 46.3 Å². The van der Waals surface area contributed by atoms with Crippen molar-refractivity contribution in [3.8, 4) is 0 Å². The summed E-state index contributed by atoms with van der Waals surface area (Å²) in [6.45, 7) is 0.830. The van der Waals surface area contributed by atoms with Gasteiger partial charge in [0, 0.05) is 19.1 Å². The van der Waals surface area contributed by atoms with Crippen LogP contribution < -0.4 is 5.73 Å². The zero-order valence-corrected chi connectivity index (χ0v) is 10.0. The molecule has 0 aliphatic carbocycles. The smallest absolute Gasteiger partial charge is 0.260 e. The lowest BCUT2D eigenvalue weighted by Gasteiger charge is -2.35. The van der Waals surface area contributed by atoms with Gasteiger partial charge in [0.25, 0.3) is 5.91 Å². The second-order valence-electron chi connectivity index (χ2n) is 4.48. The molecule has 18 heavy (non-hydrogen) atoms. The van der Waals surface area contributed by atoms with Crippen molar-refractivity contribution in [2.24, 2.45) is 5.73 Å². The van der Waals surface area contributed by atoms with E-state index in [4.69, 9.17) is 5.73 Å². The number of piperidine rings is 1. The first-order valence-electron chi connectivity index (χ1n) is 6.10. The Morgan fingerprint density at radius 1 is 1.33 bits per heavy atom. The van der Waals surface area contributed by atoms with Crippen LogP contribution in [-0.4, -0.2) is 29.9 Å². The second-order valence-corrected chi connectivity index (χ2v) is 4.48. The van der Waals surface area contributed by atoms with Gasteiger partial charge in [-0.1, -0.05) is 6.07 Å². The summed E-state index contributed by atoms with van der Waals surface area (Å²) < 4.78 is 27.1. The standard InChI is InChI=1S/C13H16F2N2O/c14-10-5-3-6-11(15)12(10)13(18)17-7-2-1-4-9(17)8-16/h3,5-6,9H,1-2,4,7-8,16H2. The van der Waals surface area contributed by atoms with Crippen LogP contribution in [0.1, 0.15) is 29.6 Å². The molecule has 5 heteroatoms. The lowest BCUT2D eigenvalue weighted by Crippen LogP contribution is -2.47. The summed E-state index contributed by atoms with van der Waals surface area (Å²) >= 11 is 0. The van der Waals surface area contributed by atoms with E-state index in [1.165, 1.54) is 11.0 Å². The minimum absolute atomic E-state index is 0.120. The number of nitrogens with zero attached hydrogens (tertiary/aromatic N) is 1. The zero-order valence-electron chi connectivity index (χ0n) is 10.0. The molecule has 1 heterocycles. The second kappa shape index (κ2) is 5.44. The van der Waals surface area contributed by atoms with Crippen molar-refractivity contribution < 1.29 is 13.6 Å². The van der Waals surface area contributed by atoms with Gasteiger partial charge < -0.3 is 10.6 Å². The number of amides is 1. The van der Waals surface area contributed by atoms with Crippen LogP contribution in [0.2, 0.25) is 0 Å². The Balaban J connectivity index is 2.30. The van der Waals surface area contributed by atoms with Gasteiger partial charge in [0.1, 0.15) is 17.2 Å². The molecule has 98 valence electrons. The van der Waals surface area contributed by atoms with E-state index in [-0.39, 0.29) is 6.04 Å². The van der Waals surface area contributed by atoms with Crippen molar-refractivity contribution in [1.29, 1.82) is 0 Å². The largest absolute Gasteiger partial charge is 0.334 e. The molecule has 1 unspecified atom stereocenters. The lowest BCUT2D eigenvalue weighted by atomic mass is 10.0. The molecular weight excluding hydrogens is 238 g/mol. The molecule has 0 bridgehead atoms. The highest BCUT2D eigenvalue weighted by molar-refractivity contribution is 5.95. The maximum absolute atomic E-state index is 13.6. The third-order valence-corrected chi connectivity index (χ3v) is 3.34. The Morgan fingerprint density at radius 2 is 2.00 bits per heavy atom. The van der Waals surface area contributed by atoms with Gasteiger partial charge in [-0.15, -0.1) is 0 Å². The summed E-state index contributed by atoms with van der Waals surface area (Å²) in [7, 11) is 0. The molecule has 0 radical (unpaired) electrons. The van der Waals surface area contributed by atoms with E-state index in [0.29, 0.717) is 13.1 Å². The first-order chi connectivity index (χ1) is 8.65. The molecule has 2 N–H and O–H groups in total. The van der Waals surface area contributed by atoms with Gasteiger partial charge in [0.2, 0.25) is 0 Å². The molecule has 1 aliphatic heterocycles. The highest BCUT2D eigenvalue weighted by Crippen LogP contribution is 2.21. The molecule has 3 nitrogen and oxygen atoms in total. The fraction of sp³-hybridized carbons (Fsp3) is 0.462. The molecule has 1 amide bonds. The maximum Gasteiger partial charge on any atom is 0.260 e. The molecule has 0 saturated carbocycles. The molecule has 1 aromatic rings. The lowest BCUT2D eigenvalue weighted by molar-refractivity contribution is 0.0613. The third-order valence-electron chi connectivity index (χ3n) is 3.34. The summed E-state index contributed by atoms with van der Waals surface area (Å²) in [5.41, 5.74) is 5.13. The van der Waals surface area contributed by atoms with E-state index in [0.717, 1.165) is 31.4 Å². The molecule has 1 saturated heterocycles. The first kappa shape index (κ1) is 13.0. The molecular formula is C13H16F2N2O. The highest BCUT2D eigenvalue weighted by Gasteiger charge is 2.29. The van der Waals surface area contributed by atoms with E-state index in [1.54, 1.807) is 0 Å². The van der Waals surface area contributed by atoms with Crippen LogP contribution in [0.5, 0.6) is 0 Å². The van der Waals surface area contributed by atoms with Gasteiger partial charge in [-0.25, -0.2) is 8.78 Å². The average molecular weight is 254 g/mol. The zero-order chi connectivity index (χ0) is 13.1. The van der Waals surface area contributed by atoms with Crippen LogP contribution in [0, 0.1) is 11.6 Å². The van der Waals surface area contributed by atoms with E-state index in [1.807, 2.05) is 0 Å². The van der Waals surface area contributed by atoms with Gasteiger partial charge in [-0.05, 0) is 31.4 Å². The van der Waals surface area contributed by atoms with Crippen LogP contribution in [0.4, 0.5) is 8.78 Å². The van der Waals surface area contributed by atoms with Gasteiger partial charge in [-0.2, -0.15) is 0 Å². The maximum atomic E-state index is 13.6. The Labute approximate surface area is 105 Å². The summed E-state index contributed by atoms with van der Waals surface area (Å²) in [4.78, 5) is 13.7. The number of carbonyl (C=O) groups is 1. The number of hydrogen-bond donors (Lipinski definition) is 1. The number of hydrogen-bond acceptors (Lipinski definition) is 2. The van der Waals surface area contributed by atoms with Crippen molar-refractivity contribution in [3.63, 3.8) is 0 Å². The molecule has 0 aromatic heterocycles. The van der Waals surface area contributed by atoms with Crippen molar-refractivity contribution in [1.82, 2.24) is 4.90 Å². The highest BCUT2D eigenvalue weighted by atomic mass is 19.1. The average Bonchev–Trinajstić information content (AvgIpc) is 2.38. The summed E-state index contributed by atoms with van der Waals surface area (Å²) in [5.74, 6) is -2.23. The Morgan fingerprint density at radius 3 is 2.61 bits per heavy atom. The summed E-state index contributed by atoms with van der Waals surface area (Å²) in [6, 6.07) is 3.32. The van der Waals surface area contributed by atoms with Crippen LogP contribution in [0.25, 0.3) is 0 Å². The van der Waals surface area contributed by atoms with Crippen molar-refractivity contribution in [2.45, 2.75) is 25.3 Å². The van der Waals surface area contributed by atoms with Gasteiger partial charge in [0.15, 0.2) is 0 Å². The van der Waals surface area contributed by atoms with E-state index in [2.05, 4.69) is 0 Å². The molecule has 1 fully saturated rings. The van der Waals surface area contributed by atoms with E-state index >= 15 is 0 Å². The monoisotopic (exact) mass is 254 g/mol. The van der Waals surface area contributed by atoms with E-state index in [9.17, 15) is 13.6 Å². The molecule has 1 aliphatic rings. The number of halogens is 2. The number of carbonyl (C=O) groups excluding carboxylic acids is 1. The van der Waals surface area contributed by atoms with Crippen molar-refractivity contribution in [2.75, 3.05) is 13.1 Å². The number of likely N-dealkylation sites (tertiary alicyclic amines) is 1. The van der Waals surface area contributed by atoms with E-state index < -0.39 is 23.1 Å². The van der Waals surface area contributed by atoms with Crippen molar-refractivity contribution in [3.05, 3.63) is 35.4 Å². The minimum atomic E-state index is -0.818. The predicted molar refractivity (Wildman–Crippen MR) is 64.1 cm³/mol. The number of rotatable bonds is 2. The fourth-order valence-electron chi connectivity index (χ4n) is 2.36. The number of benzene rings is 1. The minimum Gasteiger partial charge on any atom is -0.334 e. The summed E-state index contributed by atoms with van der Waals surface area (Å²) in [6.07, 6.45) is 2.63. The van der Waals surface area contributed by atoms with Crippen LogP contribution in [0.3, 0.4) is 0 Å². The Kier molecular flexibility index (Phi) is 3.91.